The summed E-state index contributed by atoms with van der Waals surface area (Å²) in [6.07, 6.45) is 2.47. The molecule has 3 rings (SSSR count). The topological polar surface area (TPSA) is 103 Å². The van der Waals surface area contributed by atoms with Crippen LogP contribution in [0.15, 0.2) is 59.9 Å². The molecular formula is C24H30N5O3+. The van der Waals surface area contributed by atoms with E-state index < -0.39 is 0 Å². The maximum absolute atomic E-state index is 12.6. The number of oxime groups is 1. The first-order valence-corrected chi connectivity index (χ1v) is 10.6. The van der Waals surface area contributed by atoms with Gasteiger partial charge in [0, 0.05) is 24.7 Å². The lowest BCUT2D eigenvalue weighted by atomic mass is 9.98. The molecule has 1 unspecified atom stereocenters. The molecule has 8 nitrogen and oxygen atoms in total. The predicted molar refractivity (Wildman–Crippen MR) is 126 cm³/mol. The first-order chi connectivity index (χ1) is 15.4. The molecule has 0 bridgehead atoms. The number of carbonyl (C=O) groups excluding carboxylic acids is 1. The molecule has 0 aliphatic rings. The molecule has 1 heterocycles. The van der Waals surface area contributed by atoms with Gasteiger partial charge in [0.2, 0.25) is 5.82 Å². The second-order valence-corrected chi connectivity index (χ2v) is 7.72. The average molecular weight is 437 g/mol. The molecular weight excluding hydrogens is 406 g/mol. The number of hydrogen-bond donors (Lipinski definition) is 2. The van der Waals surface area contributed by atoms with Gasteiger partial charge in [0.05, 0.1) is 26.4 Å². The SMILES string of the molecule is CCC[N+](C)(c1ccc(-c2ccccc2C(N)=NO)cc1)c1c(C(=O)OCC)cnn1C. The lowest BCUT2D eigenvalue weighted by Gasteiger charge is -2.33. The number of hydrogen-bond acceptors (Lipinski definition) is 5. The predicted octanol–water partition coefficient (Wildman–Crippen LogP) is 4.04. The Kier molecular flexibility index (Phi) is 6.95. The van der Waals surface area contributed by atoms with Crippen molar-refractivity contribution in [2.75, 3.05) is 20.2 Å². The zero-order valence-electron chi connectivity index (χ0n) is 18.9. The summed E-state index contributed by atoms with van der Waals surface area (Å²) < 4.78 is 7.40. The van der Waals surface area contributed by atoms with Crippen LogP contribution >= 0.6 is 0 Å². The fraction of sp³-hybridized carbons (Fsp3) is 0.292. The van der Waals surface area contributed by atoms with E-state index in [9.17, 15) is 4.79 Å². The fourth-order valence-corrected chi connectivity index (χ4v) is 4.16. The number of amidine groups is 1. The second kappa shape index (κ2) is 9.65. The van der Waals surface area contributed by atoms with Crippen molar-refractivity contribution in [2.24, 2.45) is 17.9 Å². The van der Waals surface area contributed by atoms with Crippen LogP contribution in [0.5, 0.6) is 0 Å². The number of aromatic nitrogens is 2. The van der Waals surface area contributed by atoms with Gasteiger partial charge in [-0.05, 0) is 36.6 Å². The summed E-state index contributed by atoms with van der Waals surface area (Å²) in [4.78, 5) is 12.6. The molecule has 2 aromatic carbocycles. The monoisotopic (exact) mass is 436 g/mol. The van der Waals surface area contributed by atoms with Gasteiger partial charge in [-0.3, -0.25) is 0 Å². The maximum atomic E-state index is 12.6. The van der Waals surface area contributed by atoms with Crippen molar-refractivity contribution in [3.8, 4) is 11.1 Å². The van der Waals surface area contributed by atoms with Gasteiger partial charge in [-0.2, -0.15) is 5.10 Å². The summed E-state index contributed by atoms with van der Waals surface area (Å²) in [5, 5.41) is 16.6. The van der Waals surface area contributed by atoms with E-state index in [1.54, 1.807) is 17.8 Å². The Balaban J connectivity index is 2.09. The molecule has 8 heteroatoms. The summed E-state index contributed by atoms with van der Waals surface area (Å²) in [6, 6.07) is 15.6. The zero-order valence-corrected chi connectivity index (χ0v) is 18.9. The number of rotatable bonds is 8. The average Bonchev–Trinajstić information content (AvgIpc) is 3.21. The molecule has 0 fully saturated rings. The van der Waals surface area contributed by atoms with Crippen molar-refractivity contribution in [3.05, 3.63) is 65.9 Å². The number of carbonyl (C=O) groups is 1. The van der Waals surface area contributed by atoms with Crippen LogP contribution in [0, 0.1) is 0 Å². The highest BCUT2D eigenvalue weighted by atomic mass is 16.5. The van der Waals surface area contributed by atoms with Gasteiger partial charge in [0.25, 0.3) is 0 Å². The molecule has 168 valence electrons. The number of benzene rings is 2. The Morgan fingerprint density at radius 2 is 1.84 bits per heavy atom. The van der Waals surface area contributed by atoms with Gasteiger partial charge in [0.15, 0.2) is 11.4 Å². The third kappa shape index (κ3) is 4.22. The van der Waals surface area contributed by atoms with Crippen LogP contribution in [-0.2, 0) is 11.8 Å². The smallest absolute Gasteiger partial charge is 0.347 e. The summed E-state index contributed by atoms with van der Waals surface area (Å²) in [7, 11) is 3.91. The van der Waals surface area contributed by atoms with Crippen molar-refractivity contribution in [2.45, 2.75) is 20.3 Å². The lowest BCUT2D eigenvalue weighted by Crippen LogP contribution is -2.43. The minimum absolute atomic E-state index is 0.0604. The molecule has 1 atom stereocenters. The van der Waals surface area contributed by atoms with Crippen molar-refractivity contribution >= 4 is 23.3 Å². The van der Waals surface area contributed by atoms with Crippen LogP contribution in [0.2, 0.25) is 0 Å². The molecule has 0 saturated heterocycles. The van der Waals surface area contributed by atoms with Crippen molar-refractivity contribution < 1.29 is 14.7 Å². The van der Waals surface area contributed by atoms with E-state index in [-0.39, 0.29) is 11.8 Å². The molecule has 0 spiro atoms. The highest BCUT2D eigenvalue weighted by Crippen LogP contribution is 2.37. The number of nitrogens with two attached hydrogens (primary N) is 1. The third-order valence-corrected chi connectivity index (χ3v) is 5.60. The Labute approximate surface area is 188 Å². The molecule has 0 saturated carbocycles. The van der Waals surface area contributed by atoms with E-state index >= 15 is 0 Å². The van der Waals surface area contributed by atoms with Gasteiger partial charge in [-0.15, -0.1) is 0 Å². The van der Waals surface area contributed by atoms with Crippen LogP contribution < -0.4 is 10.2 Å². The van der Waals surface area contributed by atoms with Gasteiger partial charge in [0.1, 0.15) is 5.69 Å². The molecule has 0 aliphatic carbocycles. The number of esters is 1. The third-order valence-electron chi connectivity index (χ3n) is 5.60. The fourth-order valence-electron chi connectivity index (χ4n) is 4.16. The molecule has 0 radical (unpaired) electrons. The molecule has 1 aromatic heterocycles. The Morgan fingerprint density at radius 1 is 1.16 bits per heavy atom. The zero-order chi connectivity index (χ0) is 23.3. The highest BCUT2D eigenvalue weighted by Gasteiger charge is 2.36. The standard InChI is InChI=1S/C24H29N5O3/c1-5-15-29(4,23-21(16-26-28(23)3)24(30)32-6-2)18-13-11-17(12-14-18)19-9-7-8-10-20(19)22(25)27-31/h7-14,16H,5-6,15H2,1-4H3,(H2-,25,27,31)/p+1. The molecule has 3 aromatic rings. The van der Waals surface area contributed by atoms with E-state index in [1.165, 1.54) is 0 Å². The second-order valence-electron chi connectivity index (χ2n) is 7.72. The molecule has 0 amide bonds. The van der Waals surface area contributed by atoms with Crippen molar-refractivity contribution in [1.82, 2.24) is 14.3 Å². The summed E-state index contributed by atoms with van der Waals surface area (Å²) >= 11 is 0. The lowest BCUT2D eigenvalue weighted by molar-refractivity contribution is 0.0525. The largest absolute Gasteiger partial charge is 0.462 e. The first kappa shape index (κ1) is 23.0. The Morgan fingerprint density at radius 3 is 2.47 bits per heavy atom. The van der Waals surface area contributed by atoms with E-state index in [2.05, 4.69) is 24.2 Å². The summed E-state index contributed by atoms with van der Waals surface area (Å²) in [5.41, 5.74) is 9.80. The van der Waals surface area contributed by atoms with Gasteiger partial charge >= 0.3 is 5.97 Å². The Hall–Kier alpha value is -3.65. The van der Waals surface area contributed by atoms with E-state index in [4.69, 9.17) is 15.7 Å². The first-order valence-electron chi connectivity index (χ1n) is 10.6. The maximum Gasteiger partial charge on any atom is 0.347 e. The van der Waals surface area contributed by atoms with Crippen LogP contribution in [0.25, 0.3) is 11.1 Å². The van der Waals surface area contributed by atoms with Crippen molar-refractivity contribution in [3.63, 3.8) is 0 Å². The quantitative estimate of drug-likeness (QED) is 0.139. The summed E-state index contributed by atoms with van der Waals surface area (Å²) in [5.74, 6) is 0.459. The number of nitrogens with zero attached hydrogens (tertiary/aromatic N) is 4. The van der Waals surface area contributed by atoms with Crippen LogP contribution in [0.3, 0.4) is 0 Å². The van der Waals surface area contributed by atoms with Crippen LogP contribution in [-0.4, -0.2) is 47.0 Å². The molecule has 3 N–H and O–H groups in total. The normalized spacial score (nSPS) is 13.6. The van der Waals surface area contributed by atoms with Gasteiger partial charge in [-0.25, -0.2) is 14.0 Å². The number of quaternary nitrogens is 1. The Bertz CT molecular complexity index is 1120. The van der Waals surface area contributed by atoms with E-state index in [0.717, 1.165) is 35.6 Å². The van der Waals surface area contributed by atoms with Crippen molar-refractivity contribution in [1.29, 1.82) is 0 Å². The number of ether oxygens (including phenoxy) is 1. The van der Waals surface area contributed by atoms with E-state index in [0.29, 0.717) is 22.2 Å². The number of aryl methyl sites for hydroxylation is 1. The minimum atomic E-state index is -0.375. The molecule has 0 aliphatic heterocycles. The highest BCUT2D eigenvalue weighted by molar-refractivity contribution is 6.03. The van der Waals surface area contributed by atoms with Crippen LogP contribution in [0.4, 0.5) is 11.5 Å². The van der Waals surface area contributed by atoms with Gasteiger partial charge < -0.3 is 15.7 Å². The van der Waals surface area contributed by atoms with E-state index in [1.807, 2.05) is 55.6 Å². The van der Waals surface area contributed by atoms with Crippen LogP contribution in [0.1, 0.15) is 36.2 Å². The minimum Gasteiger partial charge on any atom is -0.462 e. The summed E-state index contributed by atoms with van der Waals surface area (Å²) in [6.45, 7) is 4.97. The van der Waals surface area contributed by atoms with Gasteiger partial charge in [-0.1, -0.05) is 36.3 Å². The molecule has 32 heavy (non-hydrogen) atoms.